The zero-order chi connectivity index (χ0) is 9.94. The van der Waals surface area contributed by atoms with Crippen LogP contribution in [0.5, 0.6) is 0 Å². The van der Waals surface area contributed by atoms with Gasteiger partial charge in [-0.25, -0.2) is 0 Å². The molecule has 78 valence electrons. The number of unbranched alkanes of at least 4 members (excludes halogenated alkanes) is 2. The summed E-state index contributed by atoms with van der Waals surface area (Å²) < 4.78 is 1.52. The van der Waals surface area contributed by atoms with Crippen molar-refractivity contribution in [1.82, 2.24) is 0 Å². The third-order valence-electron chi connectivity index (χ3n) is 1.72. The van der Waals surface area contributed by atoms with Crippen molar-refractivity contribution in [3.05, 3.63) is 10.3 Å². The average molecular weight is 218 g/mol. The van der Waals surface area contributed by atoms with E-state index in [1.54, 1.807) is 0 Å². The molecule has 2 heteroatoms. The van der Waals surface area contributed by atoms with Gasteiger partial charge in [0, 0.05) is 4.24 Å². The summed E-state index contributed by atoms with van der Waals surface area (Å²) >= 11 is 4.04. The molecule has 0 saturated heterocycles. The molecule has 0 nitrogen and oxygen atoms in total. The summed E-state index contributed by atoms with van der Waals surface area (Å²) in [7, 11) is 0. The molecule has 0 N–H and O–H groups in total. The molecule has 0 aromatic heterocycles. The van der Waals surface area contributed by atoms with Gasteiger partial charge in [0.2, 0.25) is 0 Å². The van der Waals surface area contributed by atoms with Gasteiger partial charge in [-0.2, -0.15) is 0 Å². The van der Waals surface area contributed by atoms with Crippen LogP contribution in [0.25, 0.3) is 0 Å². The van der Waals surface area contributed by atoms with Gasteiger partial charge < -0.3 is 0 Å². The molecule has 0 amide bonds. The molecule has 13 heavy (non-hydrogen) atoms. The Kier molecular flexibility index (Phi) is 10.9. The first-order chi connectivity index (χ1) is 6.35. The van der Waals surface area contributed by atoms with E-state index in [9.17, 15) is 0 Å². The number of allylic oxidation sites excluding steroid dienone is 1. The van der Waals surface area contributed by atoms with E-state index in [-0.39, 0.29) is 0 Å². The Bertz CT molecular complexity index is 118. The molecule has 0 heterocycles. The van der Waals surface area contributed by atoms with Gasteiger partial charge >= 0.3 is 0 Å². The molecule has 0 saturated carbocycles. The zero-order valence-corrected chi connectivity index (χ0v) is 10.8. The summed E-state index contributed by atoms with van der Waals surface area (Å²) in [6.07, 6.45) is 7.56. The summed E-state index contributed by atoms with van der Waals surface area (Å²) in [4.78, 5) is 0. The maximum Gasteiger partial charge on any atom is 0.0357 e. The van der Waals surface area contributed by atoms with Crippen molar-refractivity contribution in [2.45, 2.75) is 46.5 Å². The summed E-state index contributed by atoms with van der Waals surface area (Å²) in [5, 5.41) is 0. The molecule has 0 atom stereocenters. The Morgan fingerprint density at radius 2 is 1.46 bits per heavy atom. The molecule has 0 aromatic rings. The van der Waals surface area contributed by atoms with Crippen molar-refractivity contribution >= 4 is 23.5 Å². The van der Waals surface area contributed by atoms with E-state index in [0.717, 1.165) is 0 Å². The van der Waals surface area contributed by atoms with Crippen LogP contribution in [0.1, 0.15) is 46.5 Å². The Morgan fingerprint density at radius 3 is 1.77 bits per heavy atom. The highest BCUT2D eigenvalue weighted by Gasteiger charge is 1.97. The molecule has 0 rings (SSSR count). The molecule has 0 aromatic carbocycles. The van der Waals surface area contributed by atoms with Crippen LogP contribution >= 0.6 is 23.5 Å². The van der Waals surface area contributed by atoms with Gasteiger partial charge in [-0.15, -0.1) is 23.5 Å². The van der Waals surface area contributed by atoms with Crippen molar-refractivity contribution in [3.63, 3.8) is 0 Å². The zero-order valence-electron chi connectivity index (χ0n) is 9.14. The second kappa shape index (κ2) is 10.5. The topological polar surface area (TPSA) is 0 Å². The van der Waals surface area contributed by atoms with Crippen LogP contribution in [-0.2, 0) is 0 Å². The molecule has 0 spiro atoms. The van der Waals surface area contributed by atoms with Gasteiger partial charge in [0.15, 0.2) is 0 Å². The quantitative estimate of drug-likeness (QED) is 0.531. The highest BCUT2D eigenvalue weighted by Crippen LogP contribution is 2.29. The Labute approximate surface area is 91.9 Å². The highest BCUT2D eigenvalue weighted by atomic mass is 32.2. The first-order valence-electron chi connectivity index (χ1n) is 5.27. The summed E-state index contributed by atoms with van der Waals surface area (Å²) in [5.74, 6) is 2.57. The largest absolute Gasteiger partial charge is 0.120 e. The summed E-state index contributed by atoms with van der Waals surface area (Å²) in [6.45, 7) is 6.65. The van der Waals surface area contributed by atoms with E-state index < -0.39 is 0 Å². The third-order valence-corrected chi connectivity index (χ3v) is 4.45. The van der Waals surface area contributed by atoms with E-state index in [4.69, 9.17) is 0 Å². The molecule has 0 fully saturated rings. The van der Waals surface area contributed by atoms with Gasteiger partial charge in [0.1, 0.15) is 0 Å². The van der Waals surface area contributed by atoms with Crippen LogP contribution in [0.4, 0.5) is 0 Å². The Morgan fingerprint density at radius 1 is 1.00 bits per heavy atom. The minimum atomic E-state index is 1.29. The molecule has 0 unspecified atom stereocenters. The van der Waals surface area contributed by atoms with Gasteiger partial charge in [0.25, 0.3) is 0 Å². The van der Waals surface area contributed by atoms with E-state index in [2.05, 4.69) is 26.8 Å². The van der Waals surface area contributed by atoms with Gasteiger partial charge in [-0.05, 0) is 31.3 Å². The van der Waals surface area contributed by atoms with Crippen LogP contribution in [0, 0.1) is 0 Å². The van der Waals surface area contributed by atoms with Crippen LogP contribution in [0.3, 0.4) is 0 Å². The Balaban J connectivity index is 3.41. The maximum absolute atomic E-state index is 2.25. The average Bonchev–Trinajstić information content (AvgIpc) is 2.16. The summed E-state index contributed by atoms with van der Waals surface area (Å²) in [5.41, 5.74) is 0. The van der Waals surface area contributed by atoms with Crippen LogP contribution in [0.15, 0.2) is 10.3 Å². The molecular weight excluding hydrogens is 196 g/mol. The lowest BCUT2D eigenvalue weighted by Crippen LogP contribution is -1.81. The second-order valence-corrected chi connectivity index (χ2v) is 5.54. The van der Waals surface area contributed by atoms with Crippen LogP contribution in [0.2, 0.25) is 0 Å². The molecule has 0 aliphatic heterocycles. The normalized spacial score (nSPS) is 10.1. The van der Waals surface area contributed by atoms with E-state index in [1.165, 1.54) is 41.4 Å². The SMILES string of the molecule is CC=C(SCCCC)SCCCC. The van der Waals surface area contributed by atoms with Crippen molar-refractivity contribution in [2.75, 3.05) is 11.5 Å². The first-order valence-corrected chi connectivity index (χ1v) is 7.24. The van der Waals surface area contributed by atoms with Gasteiger partial charge in [-0.3, -0.25) is 0 Å². The lowest BCUT2D eigenvalue weighted by Gasteiger charge is -2.04. The van der Waals surface area contributed by atoms with Crippen molar-refractivity contribution in [2.24, 2.45) is 0 Å². The monoisotopic (exact) mass is 218 g/mol. The fourth-order valence-corrected chi connectivity index (χ4v) is 3.28. The standard InChI is InChI=1S/C11H22S2/c1-4-7-9-12-11(6-3)13-10-8-5-2/h6H,4-5,7-10H2,1-3H3. The highest BCUT2D eigenvalue weighted by molar-refractivity contribution is 8.22. The van der Waals surface area contributed by atoms with Crippen LogP contribution in [-0.4, -0.2) is 11.5 Å². The van der Waals surface area contributed by atoms with Crippen molar-refractivity contribution in [1.29, 1.82) is 0 Å². The summed E-state index contributed by atoms with van der Waals surface area (Å²) in [6, 6.07) is 0. The minimum absolute atomic E-state index is 1.29. The second-order valence-electron chi connectivity index (χ2n) is 3.01. The first kappa shape index (κ1) is 13.4. The molecule has 0 bridgehead atoms. The van der Waals surface area contributed by atoms with E-state index in [1.807, 2.05) is 23.5 Å². The van der Waals surface area contributed by atoms with E-state index >= 15 is 0 Å². The minimum Gasteiger partial charge on any atom is -0.120 e. The third kappa shape index (κ3) is 8.76. The fourth-order valence-electron chi connectivity index (χ4n) is 0.843. The van der Waals surface area contributed by atoms with Gasteiger partial charge in [-0.1, -0.05) is 32.8 Å². The molecule has 0 aliphatic rings. The van der Waals surface area contributed by atoms with Crippen LogP contribution < -0.4 is 0 Å². The maximum atomic E-state index is 2.25. The number of hydrogen-bond donors (Lipinski definition) is 0. The number of rotatable bonds is 8. The lowest BCUT2D eigenvalue weighted by atomic mass is 10.4. The van der Waals surface area contributed by atoms with Crippen molar-refractivity contribution in [3.8, 4) is 0 Å². The predicted molar refractivity (Wildman–Crippen MR) is 68.5 cm³/mol. The number of thioether (sulfide) groups is 2. The Hall–Kier alpha value is 0.440. The molecule has 0 aliphatic carbocycles. The van der Waals surface area contributed by atoms with Crippen molar-refractivity contribution < 1.29 is 0 Å². The lowest BCUT2D eigenvalue weighted by molar-refractivity contribution is 0.896. The van der Waals surface area contributed by atoms with E-state index in [0.29, 0.717) is 0 Å². The smallest absolute Gasteiger partial charge is 0.0357 e. The fraction of sp³-hybridized carbons (Fsp3) is 0.818. The molecular formula is C11H22S2. The molecule has 0 radical (unpaired) electrons. The number of hydrogen-bond acceptors (Lipinski definition) is 2. The predicted octanol–water partition coefficient (Wildman–Crippen LogP) is 4.91. The van der Waals surface area contributed by atoms with Gasteiger partial charge in [0.05, 0.1) is 0 Å².